The molecule has 1 N–H and O–H groups in total. The molecule has 0 bridgehead atoms. The first-order valence-electron chi connectivity index (χ1n) is 6.21. The van der Waals surface area contributed by atoms with E-state index in [1.807, 2.05) is 44.2 Å². The number of hydrazone groups is 1. The number of amides is 1. The number of hydrogen-bond donors (Lipinski definition) is 1. The van der Waals surface area contributed by atoms with Crippen LogP contribution in [0.5, 0.6) is 5.75 Å². The minimum atomic E-state index is -0.329. The van der Waals surface area contributed by atoms with Gasteiger partial charge in [0, 0.05) is 0 Å². The molecule has 5 nitrogen and oxygen atoms in total. The fraction of sp³-hybridized carbons (Fsp3) is 0.200. The molecule has 1 heterocycles. The maximum absolute atomic E-state index is 11.5. The summed E-state index contributed by atoms with van der Waals surface area (Å²) in [5.41, 5.74) is 3.51. The van der Waals surface area contributed by atoms with Crippen LogP contribution in [0, 0.1) is 13.8 Å². The van der Waals surface area contributed by atoms with Crippen LogP contribution in [0.2, 0.25) is 0 Å². The lowest BCUT2D eigenvalue weighted by atomic mass is 10.2. The summed E-state index contributed by atoms with van der Waals surface area (Å²) in [5, 5.41) is 3.78. The highest BCUT2D eigenvalue weighted by Crippen LogP contribution is 2.10. The van der Waals surface area contributed by atoms with Crippen LogP contribution in [0.4, 0.5) is 0 Å². The van der Waals surface area contributed by atoms with E-state index in [0.717, 1.165) is 11.3 Å². The minimum absolute atomic E-state index is 0.0857. The highest BCUT2D eigenvalue weighted by molar-refractivity contribution is 5.81. The number of aryl methyl sites for hydroxylation is 2. The van der Waals surface area contributed by atoms with Gasteiger partial charge in [-0.3, -0.25) is 4.79 Å². The van der Waals surface area contributed by atoms with Crippen LogP contribution < -0.4 is 10.2 Å². The molecule has 0 saturated carbocycles. The second kappa shape index (κ2) is 6.56. The van der Waals surface area contributed by atoms with Gasteiger partial charge >= 0.3 is 0 Å². The predicted octanol–water partition coefficient (Wildman–Crippen LogP) is 2.43. The van der Waals surface area contributed by atoms with Crippen molar-refractivity contribution in [2.24, 2.45) is 5.10 Å². The Morgan fingerprint density at radius 2 is 2.00 bits per heavy atom. The molecule has 0 aliphatic heterocycles. The molecule has 1 amide bonds. The van der Waals surface area contributed by atoms with Crippen molar-refractivity contribution in [2.45, 2.75) is 13.8 Å². The number of rotatable bonds is 5. The van der Waals surface area contributed by atoms with Gasteiger partial charge in [-0.15, -0.1) is 0 Å². The average molecular weight is 272 g/mol. The Kier molecular flexibility index (Phi) is 4.55. The molecule has 2 rings (SSSR count). The number of carbonyl (C=O) groups excluding carboxylic acids is 1. The van der Waals surface area contributed by atoms with Gasteiger partial charge in [0.15, 0.2) is 6.61 Å². The first-order chi connectivity index (χ1) is 9.63. The summed E-state index contributed by atoms with van der Waals surface area (Å²) < 4.78 is 10.6. The molecule has 1 aromatic heterocycles. The third-order valence-electron chi connectivity index (χ3n) is 2.53. The maximum atomic E-state index is 11.5. The summed E-state index contributed by atoms with van der Waals surface area (Å²) >= 11 is 0. The lowest BCUT2D eigenvalue weighted by Crippen LogP contribution is -2.24. The molecule has 0 atom stereocenters. The van der Waals surface area contributed by atoms with Crippen molar-refractivity contribution in [3.05, 3.63) is 53.5 Å². The van der Waals surface area contributed by atoms with Crippen LogP contribution in [0.15, 0.2) is 45.9 Å². The summed E-state index contributed by atoms with van der Waals surface area (Å²) in [6.45, 7) is 3.74. The second-order valence-electron chi connectivity index (χ2n) is 4.34. The van der Waals surface area contributed by atoms with E-state index in [-0.39, 0.29) is 12.5 Å². The third kappa shape index (κ3) is 4.28. The second-order valence-corrected chi connectivity index (χ2v) is 4.34. The summed E-state index contributed by atoms with van der Waals surface area (Å²) in [7, 11) is 0. The number of carbonyl (C=O) groups is 1. The fourth-order valence-electron chi connectivity index (χ4n) is 1.51. The Morgan fingerprint density at radius 1 is 1.25 bits per heavy atom. The van der Waals surface area contributed by atoms with Crippen molar-refractivity contribution in [2.75, 3.05) is 6.61 Å². The molecule has 0 saturated heterocycles. The van der Waals surface area contributed by atoms with Gasteiger partial charge in [0.25, 0.3) is 5.91 Å². The topological polar surface area (TPSA) is 63.8 Å². The van der Waals surface area contributed by atoms with Crippen molar-refractivity contribution >= 4 is 12.1 Å². The van der Waals surface area contributed by atoms with E-state index < -0.39 is 0 Å². The van der Waals surface area contributed by atoms with E-state index in [2.05, 4.69) is 10.5 Å². The van der Waals surface area contributed by atoms with E-state index >= 15 is 0 Å². The quantitative estimate of drug-likeness (QED) is 0.671. The number of ether oxygens (including phenoxy) is 1. The van der Waals surface area contributed by atoms with Crippen LogP contribution in [-0.4, -0.2) is 18.7 Å². The zero-order chi connectivity index (χ0) is 14.4. The minimum Gasteiger partial charge on any atom is -0.484 e. The van der Waals surface area contributed by atoms with Gasteiger partial charge in [-0.05, 0) is 38.1 Å². The number of nitrogens with zero attached hydrogens (tertiary/aromatic N) is 1. The van der Waals surface area contributed by atoms with Crippen LogP contribution in [-0.2, 0) is 4.79 Å². The van der Waals surface area contributed by atoms with Crippen LogP contribution in [0.25, 0.3) is 0 Å². The smallest absolute Gasteiger partial charge is 0.277 e. The zero-order valence-electron chi connectivity index (χ0n) is 11.4. The molecule has 0 unspecified atom stereocenters. The maximum Gasteiger partial charge on any atom is 0.277 e. The van der Waals surface area contributed by atoms with E-state index in [4.69, 9.17) is 9.15 Å². The number of nitrogens with one attached hydrogen (secondary N) is 1. The summed E-state index contributed by atoms with van der Waals surface area (Å²) in [4.78, 5) is 11.5. The molecule has 0 radical (unpaired) electrons. The van der Waals surface area contributed by atoms with Crippen molar-refractivity contribution in [3.63, 3.8) is 0 Å². The molecular weight excluding hydrogens is 256 g/mol. The molecule has 2 aromatic rings. The van der Waals surface area contributed by atoms with E-state index in [9.17, 15) is 4.79 Å². The molecule has 104 valence electrons. The molecule has 0 aliphatic rings. The molecule has 5 heteroatoms. The third-order valence-corrected chi connectivity index (χ3v) is 2.53. The van der Waals surface area contributed by atoms with Crippen molar-refractivity contribution in [1.82, 2.24) is 5.43 Å². The molecule has 0 spiro atoms. The molecular formula is C15H16N2O3. The van der Waals surface area contributed by atoms with Crippen LogP contribution >= 0.6 is 0 Å². The van der Waals surface area contributed by atoms with Gasteiger partial charge in [0.2, 0.25) is 0 Å². The van der Waals surface area contributed by atoms with Crippen molar-refractivity contribution in [3.8, 4) is 5.75 Å². The zero-order valence-corrected chi connectivity index (χ0v) is 11.4. The Hall–Kier alpha value is -2.56. The molecule has 1 aromatic carbocycles. The molecule has 0 aliphatic carbocycles. The Bertz CT molecular complexity index is 600. The first kappa shape index (κ1) is 13.9. The van der Waals surface area contributed by atoms with Gasteiger partial charge in [-0.25, -0.2) is 5.43 Å². The largest absolute Gasteiger partial charge is 0.484 e. The molecule has 0 fully saturated rings. The number of benzene rings is 1. The number of furan rings is 1. The van der Waals surface area contributed by atoms with Crippen molar-refractivity contribution in [1.29, 1.82) is 0 Å². The fourth-order valence-corrected chi connectivity index (χ4v) is 1.51. The predicted molar refractivity (Wildman–Crippen MR) is 75.9 cm³/mol. The Labute approximate surface area is 117 Å². The Balaban J connectivity index is 1.75. The van der Waals surface area contributed by atoms with Gasteiger partial charge < -0.3 is 9.15 Å². The highest BCUT2D eigenvalue weighted by Gasteiger charge is 2.01. The SMILES string of the molecule is Cc1ccc(OCC(=O)N/N=C/c2ccc(C)o2)cc1. The van der Waals surface area contributed by atoms with Gasteiger partial charge in [0.05, 0.1) is 6.21 Å². The van der Waals surface area contributed by atoms with E-state index in [1.165, 1.54) is 6.21 Å². The van der Waals surface area contributed by atoms with Gasteiger partial charge in [-0.1, -0.05) is 17.7 Å². The van der Waals surface area contributed by atoms with E-state index in [1.54, 1.807) is 6.07 Å². The van der Waals surface area contributed by atoms with Gasteiger partial charge in [-0.2, -0.15) is 5.10 Å². The van der Waals surface area contributed by atoms with Gasteiger partial charge in [0.1, 0.15) is 17.3 Å². The number of hydrogen-bond acceptors (Lipinski definition) is 4. The van der Waals surface area contributed by atoms with Crippen molar-refractivity contribution < 1.29 is 13.9 Å². The summed E-state index contributed by atoms with van der Waals surface area (Å²) in [6.07, 6.45) is 1.44. The Morgan fingerprint density at radius 3 is 2.65 bits per heavy atom. The standard InChI is InChI=1S/C15H16N2O3/c1-11-3-6-13(7-4-11)19-10-15(18)17-16-9-14-8-5-12(2)20-14/h3-9H,10H2,1-2H3,(H,17,18)/b16-9+. The van der Waals surface area contributed by atoms with Crippen LogP contribution in [0.1, 0.15) is 17.1 Å². The normalized spacial score (nSPS) is 10.7. The summed E-state index contributed by atoms with van der Waals surface area (Å²) in [6, 6.07) is 11.1. The lowest BCUT2D eigenvalue weighted by Gasteiger charge is -2.04. The summed E-state index contributed by atoms with van der Waals surface area (Å²) in [5.74, 6) is 1.70. The van der Waals surface area contributed by atoms with E-state index in [0.29, 0.717) is 11.5 Å². The van der Waals surface area contributed by atoms with Crippen LogP contribution in [0.3, 0.4) is 0 Å². The average Bonchev–Trinajstić information content (AvgIpc) is 2.84. The highest BCUT2D eigenvalue weighted by atomic mass is 16.5. The monoisotopic (exact) mass is 272 g/mol. The molecule has 20 heavy (non-hydrogen) atoms. The first-order valence-corrected chi connectivity index (χ1v) is 6.21. The lowest BCUT2D eigenvalue weighted by molar-refractivity contribution is -0.123.